The van der Waals surface area contributed by atoms with Crippen LogP contribution in [0.15, 0.2) is 60.7 Å². The lowest BCUT2D eigenvalue weighted by Gasteiger charge is -2.34. The molecule has 6 aromatic rings. The van der Waals surface area contributed by atoms with Crippen molar-refractivity contribution < 1.29 is 42.9 Å². The molecule has 0 radical (unpaired) electrons. The van der Waals surface area contributed by atoms with Crippen LogP contribution in [-0.2, 0) is 40.4 Å². The summed E-state index contributed by atoms with van der Waals surface area (Å²) in [6.45, 7) is 20.0. The average molecular weight is 1080 g/mol. The first-order chi connectivity index (χ1) is 36.2. The van der Waals surface area contributed by atoms with Gasteiger partial charge in [0.1, 0.15) is 22.8 Å². The molecule has 0 bridgehead atoms. The van der Waals surface area contributed by atoms with Gasteiger partial charge in [0.15, 0.2) is 5.78 Å². The van der Waals surface area contributed by atoms with E-state index in [4.69, 9.17) is 32.7 Å². The molecule has 404 valence electrons. The SMILES string of the molecule is CC(C)(C)OC(=O)n1c(-c2cc(F)c(Cl)c3c2C(C(=O)C2NCc4c(Cl)c(F)cc(-c5cc6cc(CN7CCN(CCO)CC7)ccc6n5C(=O)OC(C)(C)C)c42)NC3)cc2cc(CN3CCN(CCO)CC3)ccc21. The van der Waals surface area contributed by atoms with E-state index in [1.165, 1.54) is 21.3 Å². The fraction of sp³-hybridized carbons (Fsp3) is 0.456. The predicted octanol–water partition coefficient (Wildman–Crippen LogP) is 8.86. The Kier molecular flexibility index (Phi) is 15.3. The Morgan fingerprint density at radius 2 is 0.947 bits per heavy atom. The maximum atomic E-state index is 16.3. The van der Waals surface area contributed by atoms with Crippen LogP contribution in [-0.4, -0.2) is 147 Å². The summed E-state index contributed by atoms with van der Waals surface area (Å²) < 4.78 is 47.4. The lowest BCUT2D eigenvalue weighted by Crippen LogP contribution is -2.46. The molecule has 2 atom stereocenters. The number of rotatable bonds is 12. The molecule has 19 heteroatoms. The van der Waals surface area contributed by atoms with Gasteiger partial charge in [-0.05, 0) is 123 Å². The summed E-state index contributed by atoms with van der Waals surface area (Å²) >= 11 is 13.6. The van der Waals surface area contributed by atoms with Gasteiger partial charge in [-0.3, -0.25) is 35.0 Å². The highest BCUT2D eigenvalue weighted by molar-refractivity contribution is 6.32. The third kappa shape index (κ3) is 10.8. The van der Waals surface area contributed by atoms with E-state index in [1.807, 2.05) is 48.5 Å². The summed E-state index contributed by atoms with van der Waals surface area (Å²) in [5.74, 6) is -1.88. The minimum atomic E-state index is -1.13. The molecule has 4 aliphatic heterocycles. The first kappa shape index (κ1) is 54.1. The Morgan fingerprint density at radius 1 is 0.579 bits per heavy atom. The van der Waals surface area contributed by atoms with Gasteiger partial charge in [0.05, 0.1) is 57.8 Å². The van der Waals surface area contributed by atoms with Gasteiger partial charge in [-0.15, -0.1) is 0 Å². The van der Waals surface area contributed by atoms with E-state index in [2.05, 4.69) is 30.2 Å². The largest absolute Gasteiger partial charge is 0.443 e. The number of ketones is 1. The van der Waals surface area contributed by atoms with Crippen molar-refractivity contribution in [1.82, 2.24) is 39.4 Å². The summed E-state index contributed by atoms with van der Waals surface area (Å²) in [6.07, 6.45) is -1.39. The van der Waals surface area contributed by atoms with Crippen molar-refractivity contribution >= 4 is 63.0 Å². The van der Waals surface area contributed by atoms with Gasteiger partial charge in [-0.2, -0.15) is 0 Å². The molecule has 2 fully saturated rings. The monoisotopic (exact) mass is 1080 g/mol. The molecular formula is C57H66Cl2F2N8O7. The zero-order valence-corrected chi connectivity index (χ0v) is 45.4. The summed E-state index contributed by atoms with van der Waals surface area (Å²) in [4.78, 5) is 53.6. The molecule has 4 aliphatic rings. The number of carbonyl (C=O) groups is 3. The number of hydrogen-bond donors (Lipinski definition) is 4. The number of β-amino-alcohol motifs (C(OH)–C–C–N with tert-alkyl or cyclic N) is 2. The molecule has 0 amide bonds. The van der Waals surface area contributed by atoms with Crippen LogP contribution in [0.1, 0.15) is 87.0 Å². The Bertz CT molecular complexity index is 3030. The number of fused-ring (bicyclic) bond motifs is 4. The van der Waals surface area contributed by atoms with Crippen molar-refractivity contribution in [3.8, 4) is 22.5 Å². The molecule has 10 rings (SSSR count). The number of aliphatic hydroxyl groups excluding tert-OH is 2. The smallest absolute Gasteiger partial charge is 0.419 e. The highest BCUT2D eigenvalue weighted by atomic mass is 35.5. The molecule has 76 heavy (non-hydrogen) atoms. The van der Waals surface area contributed by atoms with Gasteiger partial charge >= 0.3 is 12.2 Å². The fourth-order valence-electron chi connectivity index (χ4n) is 11.4. The quantitative estimate of drug-likeness (QED) is 0.0923. The van der Waals surface area contributed by atoms with E-state index in [1.54, 1.807) is 41.5 Å². The van der Waals surface area contributed by atoms with Gasteiger partial charge in [0, 0.05) is 114 Å². The lowest BCUT2D eigenvalue weighted by molar-refractivity contribution is -0.123. The molecule has 2 unspecified atom stereocenters. The van der Waals surface area contributed by atoms with Crippen LogP contribution < -0.4 is 10.6 Å². The number of Topliss-reactive ketones (excluding diaryl/α,β-unsaturated/α-hetero) is 1. The minimum absolute atomic E-state index is 0.0158. The number of nitrogens with one attached hydrogen (secondary N) is 2. The maximum absolute atomic E-state index is 16.3. The van der Waals surface area contributed by atoms with Gasteiger partial charge in [0.25, 0.3) is 0 Å². The lowest BCUT2D eigenvalue weighted by atomic mass is 9.87. The topological polar surface area (TPSA) is 157 Å². The van der Waals surface area contributed by atoms with Crippen molar-refractivity contribution in [2.75, 3.05) is 78.7 Å². The van der Waals surface area contributed by atoms with E-state index in [0.29, 0.717) is 81.6 Å². The molecule has 0 aliphatic carbocycles. The standard InChI is InChI=1S/C57H66Cl2F2N8O7/c1-56(2,3)75-54(73)68-43-9-7-33(31-66-15-11-64(12-16-66)19-21-70)23-35(43)25-45(68)37-27-41(60)49(58)39-29-62-51(47(37)39)53(72)52-48-38(28-42(61)50(59)40(48)30-63-52)46-26-36-24-34(32-67-17-13-65(14-18-67)20-22-71)8-10-44(36)69(46)55(74)76-57(4,5)6/h7-10,23-28,51-52,62-63,70-71H,11-22,29-32H2,1-6H3. The van der Waals surface area contributed by atoms with Crippen LogP contribution in [0.5, 0.6) is 0 Å². The van der Waals surface area contributed by atoms with E-state index in [0.717, 1.165) is 63.5 Å². The number of piperazine rings is 2. The normalized spacial score (nSPS) is 18.9. The molecule has 4 aromatic carbocycles. The van der Waals surface area contributed by atoms with Crippen LogP contribution in [0.3, 0.4) is 0 Å². The van der Waals surface area contributed by atoms with Gasteiger partial charge in [-0.25, -0.2) is 27.5 Å². The summed E-state index contributed by atoms with van der Waals surface area (Å²) in [5, 5.41) is 26.6. The highest BCUT2D eigenvalue weighted by Gasteiger charge is 2.43. The van der Waals surface area contributed by atoms with Gasteiger partial charge < -0.3 is 19.7 Å². The van der Waals surface area contributed by atoms with Crippen LogP contribution in [0.4, 0.5) is 18.4 Å². The summed E-state index contributed by atoms with van der Waals surface area (Å²) in [7, 11) is 0. The van der Waals surface area contributed by atoms with Crippen LogP contribution in [0.2, 0.25) is 10.0 Å². The second-order valence-corrected chi connectivity index (χ2v) is 23.2. The molecule has 0 saturated carbocycles. The van der Waals surface area contributed by atoms with E-state index in [9.17, 15) is 19.8 Å². The minimum Gasteiger partial charge on any atom is -0.443 e. The second kappa shape index (κ2) is 21.5. The van der Waals surface area contributed by atoms with Crippen molar-refractivity contribution in [1.29, 1.82) is 0 Å². The Morgan fingerprint density at radius 3 is 1.30 bits per heavy atom. The summed E-state index contributed by atoms with van der Waals surface area (Å²) in [6, 6.07) is 15.6. The molecular weight excluding hydrogens is 1020 g/mol. The first-order valence-electron chi connectivity index (χ1n) is 26.1. The van der Waals surface area contributed by atoms with Gasteiger partial charge in [0.2, 0.25) is 0 Å². The van der Waals surface area contributed by atoms with Crippen LogP contribution in [0.25, 0.3) is 44.3 Å². The van der Waals surface area contributed by atoms with Crippen molar-refractivity contribution in [2.24, 2.45) is 0 Å². The average Bonchev–Trinajstić information content (AvgIpc) is 4.18. The number of nitrogens with zero attached hydrogens (tertiary/aromatic N) is 6. The number of aliphatic hydroxyl groups is 2. The van der Waals surface area contributed by atoms with Crippen LogP contribution >= 0.6 is 23.2 Å². The zero-order chi connectivity index (χ0) is 54.0. The number of halogens is 4. The third-order valence-electron chi connectivity index (χ3n) is 14.8. The van der Waals surface area contributed by atoms with Crippen molar-refractivity contribution in [2.45, 2.75) is 91.0 Å². The maximum Gasteiger partial charge on any atom is 0.419 e. The molecule has 2 aromatic heterocycles. The van der Waals surface area contributed by atoms with Crippen molar-refractivity contribution in [3.63, 3.8) is 0 Å². The third-order valence-corrected chi connectivity index (χ3v) is 15.7. The second-order valence-electron chi connectivity index (χ2n) is 22.4. The number of carbonyl (C=O) groups excluding carboxylic acids is 3. The Balaban J connectivity index is 1.05. The van der Waals surface area contributed by atoms with Crippen molar-refractivity contribution in [3.05, 3.63) is 116 Å². The molecule has 4 N–H and O–H groups in total. The number of aromatic nitrogens is 2. The first-order valence-corrected chi connectivity index (χ1v) is 26.8. The summed E-state index contributed by atoms with van der Waals surface area (Å²) in [5.41, 5.74) is 3.81. The molecule has 0 spiro atoms. The molecule has 6 heterocycles. The number of benzene rings is 4. The van der Waals surface area contributed by atoms with Gasteiger partial charge in [-0.1, -0.05) is 35.3 Å². The fourth-order valence-corrected chi connectivity index (χ4v) is 11.8. The van der Waals surface area contributed by atoms with E-state index < -0.39 is 52.9 Å². The predicted molar refractivity (Wildman–Crippen MR) is 290 cm³/mol. The Labute approximate surface area is 451 Å². The molecule has 2 saturated heterocycles. The zero-order valence-electron chi connectivity index (χ0n) is 43.9. The Hall–Kier alpha value is -5.31. The molecule has 15 nitrogen and oxygen atoms in total. The number of ether oxygens (including phenoxy) is 2. The van der Waals surface area contributed by atoms with E-state index >= 15 is 13.6 Å². The van der Waals surface area contributed by atoms with E-state index in [-0.39, 0.29) is 47.5 Å². The number of hydrogen-bond acceptors (Lipinski definition) is 13. The highest BCUT2D eigenvalue weighted by Crippen LogP contribution is 2.48. The van der Waals surface area contributed by atoms with Crippen LogP contribution in [0, 0.1) is 11.6 Å².